The SMILES string of the molecule is COc1cccc(-n2c(=O)c3cc4c(=O)n(-c5cccc(Oc6ccc([S+]([O-])c7ccc(C)c(C(F)(F)C(F)(F)OC(F)(F)C(F)(F)S(=O)(=O)O)c7)cc6)c5)c(=O)c4cc3c2=O)c1. The number of aryl methyl sites for hydroxylation is 1. The van der Waals surface area contributed by atoms with Crippen LogP contribution in [0.1, 0.15) is 11.1 Å². The molecule has 13 nitrogen and oxygen atoms in total. The molecule has 7 aromatic rings. The van der Waals surface area contributed by atoms with Gasteiger partial charge in [0.25, 0.3) is 22.2 Å². The van der Waals surface area contributed by atoms with Crippen LogP contribution in [0.15, 0.2) is 132 Å². The lowest BCUT2D eigenvalue weighted by Gasteiger charge is -2.32. The summed E-state index contributed by atoms with van der Waals surface area (Å²) in [4.78, 5) is 53.2. The molecular weight excluding hydrogens is 901 g/mol. The molecule has 0 saturated heterocycles. The van der Waals surface area contributed by atoms with Crippen LogP contribution in [-0.2, 0) is 32.0 Å². The first-order chi connectivity index (χ1) is 29.3. The Bertz CT molecular complexity index is 3220. The number of benzene rings is 5. The Morgan fingerprint density at radius 1 is 0.603 bits per heavy atom. The van der Waals surface area contributed by atoms with Crippen LogP contribution >= 0.6 is 0 Å². The van der Waals surface area contributed by atoms with E-state index in [0.717, 1.165) is 40.3 Å². The zero-order valence-corrected chi connectivity index (χ0v) is 33.2. The Kier molecular flexibility index (Phi) is 10.9. The van der Waals surface area contributed by atoms with Crippen LogP contribution < -0.4 is 31.7 Å². The van der Waals surface area contributed by atoms with Crippen molar-refractivity contribution in [1.29, 1.82) is 0 Å². The number of halogens is 8. The van der Waals surface area contributed by atoms with E-state index >= 15 is 8.78 Å². The Labute approximate surface area is 349 Å². The van der Waals surface area contributed by atoms with E-state index in [9.17, 15) is 58.5 Å². The maximum atomic E-state index is 15.1. The molecule has 5 aromatic carbocycles. The van der Waals surface area contributed by atoms with Crippen molar-refractivity contribution in [2.75, 3.05) is 7.11 Å². The van der Waals surface area contributed by atoms with Gasteiger partial charge in [0.15, 0.2) is 9.79 Å². The van der Waals surface area contributed by atoms with Gasteiger partial charge in [0.1, 0.15) is 17.2 Å². The van der Waals surface area contributed by atoms with Crippen LogP contribution in [0.4, 0.5) is 35.1 Å². The van der Waals surface area contributed by atoms with Crippen LogP contribution in [-0.4, -0.2) is 51.2 Å². The highest BCUT2D eigenvalue weighted by Crippen LogP contribution is 2.51. The van der Waals surface area contributed by atoms with E-state index in [-0.39, 0.29) is 55.4 Å². The molecule has 1 atom stereocenters. The van der Waals surface area contributed by atoms with Crippen molar-refractivity contribution in [3.63, 3.8) is 0 Å². The largest absolute Gasteiger partial charge is 0.606 e. The monoisotopic (exact) mass is 924 g/mol. The molecule has 0 spiro atoms. The average molecular weight is 925 g/mol. The lowest BCUT2D eigenvalue weighted by molar-refractivity contribution is -0.459. The fourth-order valence-corrected chi connectivity index (χ4v) is 7.84. The smallest absolute Gasteiger partial charge is 0.460 e. The van der Waals surface area contributed by atoms with Crippen LogP contribution in [0.2, 0.25) is 0 Å². The molecule has 2 aromatic heterocycles. The maximum absolute atomic E-state index is 15.1. The molecule has 328 valence electrons. The predicted octanol–water partition coefficient (Wildman–Crippen LogP) is 6.94. The van der Waals surface area contributed by atoms with Crippen LogP contribution in [0.5, 0.6) is 17.2 Å². The van der Waals surface area contributed by atoms with Crippen molar-refractivity contribution < 1.29 is 66.9 Å². The van der Waals surface area contributed by atoms with Gasteiger partial charge in [0.2, 0.25) is 0 Å². The van der Waals surface area contributed by atoms with Gasteiger partial charge >= 0.3 is 33.5 Å². The Morgan fingerprint density at radius 2 is 1.06 bits per heavy atom. The summed E-state index contributed by atoms with van der Waals surface area (Å²) < 4.78 is 172. The third kappa shape index (κ3) is 7.53. The lowest BCUT2D eigenvalue weighted by Crippen LogP contribution is -2.55. The zero-order valence-electron chi connectivity index (χ0n) is 31.6. The fourth-order valence-electron chi connectivity index (χ4n) is 6.43. The molecule has 63 heavy (non-hydrogen) atoms. The molecule has 23 heteroatoms. The minimum absolute atomic E-state index is 0.0195. The Hall–Kier alpha value is -6.40. The molecule has 2 heterocycles. The number of rotatable bonds is 13. The fraction of sp³-hybridized carbons (Fsp3) is 0.150. The second kappa shape index (κ2) is 15.4. The van der Waals surface area contributed by atoms with Gasteiger partial charge in [-0.3, -0.25) is 23.7 Å². The van der Waals surface area contributed by atoms with Gasteiger partial charge in [-0.2, -0.15) is 43.5 Å². The first-order valence-electron chi connectivity index (χ1n) is 17.5. The van der Waals surface area contributed by atoms with Crippen molar-refractivity contribution in [2.45, 2.75) is 40.1 Å². The predicted molar refractivity (Wildman–Crippen MR) is 208 cm³/mol. The quantitative estimate of drug-likeness (QED) is 0.0718. The maximum Gasteiger partial charge on any atom is 0.460 e. The second-order valence-corrected chi connectivity index (χ2v) is 16.5. The van der Waals surface area contributed by atoms with Gasteiger partial charge in [0, 0.05) is 34.9 Å². The number of ether oxygens (including phenoxy) is 3. The summed E-state index contributed by atoms with van der Waals surface area (Å²) in [7, 11) is -5.73. The summed E-state index contributed by atoms with van der Waals surface area (Å²) in [5.74, 6) is -5.42. The third-order valence-corrected chi connectivity index (χ3v) is 11.9. The van der Waals surface area contributed by atoms with E-state index in [2.05, 4.69) is 4.74 Å². The molecule has 0 fully saturated rings. The number of hydrogen-bond acceptors (Lipinski definition) is 10. The van der Waals surface area contributed by atoms with Crippen molar-refractivity contribution in [1.82, 2.24) is 9.13 Å². The summed E-state index contributed by atoms with van der Waals surface area (Å²) in [6.45, 7) is 0.792. The van der Waals surface area contributed by atoms with E-state index in [1.165, 1.54) is 67.8 Å². The summed E-state index contributed by atoms with van der Waals surface area (Å²) in [6.07, 6.45) is -13.4. The molecule has 0 aliphatic carbocycles. The van der Waals surface area contributed by atoms with E-state index in [1.54, 1.807) is 12.1 Å². The lowest BCUT2D eigenvalue weighted by atomic mass is 10.0. The summed E-state index contributed by atoms with van der Waals surface area (Å²) in [5, 5.41) is -7.26. The van der Waals surface area contributed by atoms with Gasteiger partial charge in [0.05, 0.1) is 40.0 Å². The third-order valence-electron chi connectivity index (χ3n) is 9.60. The van der Waals surface area contributed by atoms with Gasteiger partial charge < -0.3 is 14.0 Å². The molecule has 7 rings (SSSR count). The van der Waals surface area contributed by atoms with Gasteiger partial charge in [-0.05, 0) is 79.2 Å². The highest BCUT2D eigenvalue weighted by atomic mass is 32.2. The Balaban J connectivity index is 1.13. The molecule has 0 bridgehead atoms. The first kappa shape index (κ1) is 44.6. The van der Waals surface area contributed by atoms with E-state index in [0.29, 0.717) is 5.75 Å². The number of aromatic nitrogens is 2. The molecule has 1 unspecified atom stereocenters. The minimum Gasteiger partial charge on any atom is -0.606 e. The van der Waals surface area contributed by atoms with Crippen molar-refractivity contribution in [3.8, 4) is 28.6 Å². The molecule has 0 saturated carbocycles. The highest BCUT2D eigenvalue weighted by Gasteiger charge is 2.74. The molecule has 0 radical (unpaired) electrons. The minimum atomic E-state index is -7.14. The van der Waals surface area contributed by atoms with E-state index in [4.69, 9.17) is 14.0 Å². The standard InChI is InChI=1S/C40H24F8N2O11S2/c1-20-9-12-27(17-32(20)37(41,42)38(43,44)61-39(45,46)40(47,48)63(56,57)58)62(55)26-13-10-23(11-14-26)60-25-8-4-6-22(16-25)50-35(53)30-18-28-29(19-31(30)36(50)54)34(52)49(33(28)51)21-5-3-7-24(15-21)59-2/h3-19H,1-2H3,(H,56,57,58). The topological polar surface area (TPSA) is 183 Å². The number of alkyl halides is 8. The molecular formula is C40H24F8N2O11S2. The second-order valence-electron chi connectivity index (χ2n) is 13.6. The van der Waals surface area contributed by atoms with Crippen LogP contribution in [0, 0.1) is 6.92 Å². The molecule has 0 aliphatic heterocycles. The molecule has 0 amide bonds. The van der Waals surface area contributed by atoms with E-state index in [1.807, 2.05) is 0 Å². The van der Waals surface area contributed by atoms with Crippen molar-refractivity contribution in [3.05, 3.63) is 156 Å². The number of hydrogen-bond donors (Lipinski definition) is 1. The Morgan fingerprint density at radius 3 is 1.54 bits per heavy atom. The number of nitrogens with zero attached hydrogens (tertiary/aromatic N) is 2. The van der Waals surface area contributed by atoms with E-state index < -0.39 is 82.9 Å². The number of fused-ring (bicyclic) bond motifs is 2. The zero-order chi connectivity index (χ0) is 46.2. The van der Waals surface area contributed by atoms with Crippen molar-refractivity contribution in [2.24, 2.45) is 0 Å². The summed E-state index contributed by atoms with van der Waals surface area (Å²) in [6, 6.07) is 20.7. The van der Waals surface area contributed by atoms with Crippen LogP contribution in [0.3, 0.4) is 0 Å². The average Bonchev–Trinajstić information content (AvgIpc) is 3.62. The molecule has 0 aliphatic rings. The van der Waals surface area contributed by atoms with Crippen LogP contribution in [0.25, 0.3) is 32.9 Å². The number of methoxy groups -OCH3 is 1. The highest BCUT2D eigenvalue weighted by molar-refractivity contribution is 7.91. The summed E-state index contributed by atoms with van der Waals surface area (Å²) in [5.41, 5.74) is -5.41. The summed E-state index contributed by atoms with van der Waals surface area (Å²) >= 11 is -2.46. The first-order valence-corrected chi connectivity index (χ1v) is 20.1. The normalized spacial score (nSPS) is 13.5. The molecule has 1 N–H and O–H groups in total. The van der Waals surface area contributed by atoms with Gasteiger partial charge in [-0.15, -0.1) is 0 Å². The van der Waals surface area contributed by atoms with Gasteiger partial charge in [-0.1, -0.05) is 18.2 Å². The van der Waals surface area contributed by atoms with Crippen molar-refractivity contribution >= 4 is 42.8 Å². The van der Waals surface area contributed by atoms with Gasteiger partial charge in [-0.25, -0.2) is 13.9 Å².